The van der Waals surface area contributed by atoms with Crippen molar-refractivity contribution in [2.75, 3.05) is 40.0 Å². The number of carbonyl (C=O) groups excluding carboxylic acids is 1. The molecule has 2 rings (SSSR count). The first-order valence-corrected chi connectivity index (χ1v) is 8.79. The molecule has 1 saturated heterocycles. The maximum absolute atomic E-state index is 12.5. The van der Waals surface area contributed by atoms with Gasteiger partial charge in [-0.2, -0.15) is 0 Å². The highest BCUT2D eigenvalue weighted by atomic mass is 16.5. The molecular formula is C21H28N2O3. The summed E-state index contributed by atoms with van der Waals surface area (Å²) in [5.41, 5.74) is 2.41. The van der Waals surface area contributed by atoms with Crippen molar-refractivity contribution in [1.29, 1.82) is 0 Å². The van der Waals surface area contributed by atoms with Crippen LogP contribution in [0, 0.1) is 0 Å². The summed E-state index contributed by atoms with van der Waals surface area (Å²) < 4.78 is 10.7. The number of methoxy groups -OCH3 is 1. The zero-order valence-electron chi connectivity index (χ0n) is 15.7. The SMILES string of the molecule is C=C/C=C(\C(=C)C)C(=O)NCC(c1ccc(OC)cc1)N1CCOCC1. The molecule has 0 radical (unpaired) electrons. The maximum Gasteiger partial charge on any atom is 0.251 e. The van der Waals surface area contributed by atoms with E-state index in [0.717, 1.165) is 30.0 Å². The summed E-state index contributed by atoms with van der Waals surface area (Å²) in [6.07, 6.45) is 3.29. The van der Waals surface area contributed by atoms with Crippen LogP contribution < -0.4 is 10.1 Å². The second kappa shape index (κ2) is 9.94. The molecule has 0 aliphatic carbocycles. The zero-order chi connectivity index (χ0) is 18.9. The number of nitrogens with zero attached hydrogens (tertiary/aromatic N) is 1. The van der Waals surface area contributed by atoms with Gasteiger partial charge in [0.05, 0.1) is 26.4 Å². The van der Waals surface area contributed by atoms with Gasteiger partial charge in [0.15, 0.2) is 0 Å². The van der Waals surface area contributed by atoms with Crippen LogP contribution in [0.2, 0.25) is 0 Å². The van der Waals surface area contributed by atoms with Gasteiger partial charge in [-0.25, -0.2) is 0 Å². The summed E-state index contributed by atoms with van der Waals surface area (Å²) in [5, 5.41) is 3.04. The van der Waals surface area contributed by atoms with Gasteiger partial charge in [-0.3, -0.25) is 9.69 Å². The van der Waals surface area contributed by atoms with E-state index in [4.69, 9.17) is 9.47 Å². The van der Waals surface area contributed by atoms with Crippen LogP contribution in [0.1, 0.15) is 18.5 Å². The fourth-order valence-corrected chi connectivity index (χ4v) is 2.99. The Morgan fingerprint density at radius 2 is 2.00 bits per heavy atom. The molecule has 1 aromatic carbocycles. The van der Waals surface area contributed by atoms with E-state index in [9.17, 15) is 4.79 Å². The quantitative estimate of drug-likeness (QED) is 0.575. The van der Waals surface area contributed by atoms with E-state index in [1.807, 2.05) is 31.2 Å². The molecule has 1 fully saturated rings. The van der Waals surface area contributed by atoms with Crippen molar-refractivity contribution in [3.63, 3.8) is 0 Å². The topological polar surface area (TPSA) is 50.8 Å². The highest BCUT2D eigenvalue weighted by Gasteiger charge is 2.23. The molecule has 5 nitrogen and oxygen atoms in total. The highest BCUT2D eigenvalue weighted by molar-refractivity contribution is 5.97. The van der Waals surface area contributed by atoms with Crippen LogP contribution in [0.5, 0.6) is 5.75 Å². The minimum atomic E-state index is -0.135. The summed E-state index contributed by atoms with van der Waals surface area (Å²) in [5.74, 6) is 0.682. The van der Waals surface area contributed by atoms with Crippen molar-refractivity contribution >= 4 is 5.91 Å². The van der Waals surface area contributed by atoms with E-state index in [0.29, 0.717) is 25.3 Å². The van der Waals surface area contributed by atoms with E-state index in [1.165, 1.54) is 0 Å². The van der Waals surface area contributed by atoms with Gasteiger partial charge in [0.1, 0.15) is 5.75 Å². The smallest absolute Gasteiger partial charge is 0.251 e. The first-order valence-electron chi connectivity index (χ1n) is 8.79. The Bertz CT molecular complexity index is 658. The molecule has 0 saturated carbocycles. The molecule has 1 aliphatic heterocycles. The lowest BCUT2D eigenvalue weighted by molar-refractivity contribution is -0.117. The van der Waals surface area contributed by atoms with Crippen molar-refractivity contribution in [1.82, 2.24) is 10.2 Å². The largest absolute Gasteiger partial charge is 0.497 e. The third-order valence-corrected chi connectivity index (χ3v) is 4.43. The average molecular weight is 356 g/mol. The molecule has 1 N–H and O–H groups in total. The van der Waals surface area contributed by atoms with Crippen molar-refractivity contribution in [3.8, 4) is 5.75 Å². The van der Waals surface area contributed by atoms with Crippen molar-refractivity contribution in [3.05, 3.63) is 66.3 Å². The molecule has 1 atom stereocenters. The van der Waals surface area contributed by atoms with Gasteiger partial charge in [0, 0.05) is 25.2 Å². The van der Waals surface area contributed by atoms with Crippen LogP contribution in [0.4, 0.5) is 0 Å². The summed E-state index contributed by atoms with van der Waals surface area (Å²) >= 11 is 0. The van der Waals surface area contributed by atoms with E-state index in [1.54, 1.807) is 19.3 Å². The maximum atomic E-state index is 12.5. The fourth-order valence-electron chi connectivity index (χ4n) is 2.99. The van der Waals surface area contributed by atoms with E-state index in [-0.39, 0.29) is 11.9 Å². The monoisotopic (exact) mass is 356 g/mol. The van der Waals surface area contributed by atoms with Gasteiger partial charge in [0.2, 0.25) is 0 Å². The van der Waals surface area contributed by atoms with Crippen LogP contribution in [0.3, 0.4) is 0 Å². The predicted octanol–water partition coefficient (Wildman–Crippen LogP) is 2.87. The molecule has 140 valence electrons. The normalized spacial score (nSPS) is 16.6. The Morgan fingerprint density at radius 3 is 2.54 bits per heavy atom. The fraction of sp³-hybridized carbons (Fsp3) is 0.381. The van der Waals surface area contributed by atoms with Crippen molar-refractivity contribution < 1.29 is 14.3 Å². The van der Waals surface area contributed by atoms with Gasteiger partial charge >= 0.3 is 0 Å². The first-order chi connectivity index (χ1) is 12.6. The molecule has 0 bridgehead atoms. The third-order valence-electron chi connectivity index (χ3n) is 4.43. The number of rotatable bonds is 8. The minimum Gasteiger partial charge on any atom is -0.497 e. The van der Waals surface area contributed by atoms with Crippen LogP contribution in [-0.2, 0) is 9.53 Å². The predicted molar refractivity (Wildman–Crippen MR) is 104 cm³/mol. The lowest BCUT2D eigenvalue weighted by Crippen LogP contribution is -2.44. The number of hydrogen-bond acceptors (Lipinski definition) is 4. The van der Waals surface area contributed by atoms with Gasteiger partial charge in [0.25, 0.3) is 5.91 Å². The summed E-state index contributed by atoms with van der Waals surface area (Å²) in [6, 6.07) is 8.06. The number of ether oxygens (including phenoxy) is 2. The lowest BCUT2D eigenvalue weighted by atomic mass is 10.0. The third kappa shape index (κ3) is 5.31. The molecule has 0 aromatic heterocycles. The first kappa shape index (κ1) is 19.9. The molecule has 1 aliphatic rings. The second-order valence-electron chi connectivity index (χ2n) is 6.24. The van der Waals surface area contributed by atoms with E-state index < -0.39 is 0 Å². The van der Waals surface area contributed by atoms with Gasteiger partial charge in [-0.1, -0.05) is 31.4 Å². The van der Waals surface area contributed by atoms with Crippen molar-refractivity contribution in [2.24, 2.45) is 0 Å². The Balaban J connectivity index is 2.15. The number of morpholine rings is 1. The standard InChI is InChI=1S/C21H28N2O3/c1-5-6-19(16(2)3)21(24)22-15-20(23-11-13-26-14-12-23)17-7-9-18(25-4)10-8-17/h5-10,20H,1-2,11-15H2,3-4H3,(H,22,24)/b19-6+. The molecule has 5 heteroatoms. The van der Waals surface area contributed by atoms with Gasteiger partial charge < -0.3 is 14.8 Å². The van der Waals surface area contributed by atoms with Crippen LogP contribution >= 0.6 is 0 Å². The van der Waals surface area contributed by atoms with Crippen LogP contribution in [-0.4, -0.2) is 50.8 Å². The average Bonchev–Trinajstić information content (AvgIpc) is 2.67. The Hall–Kier alpha value is -2.37. The Kier molecular flexibility index (Phi) is 7.63. The van der Waals surface area contributed by atoms with Crippen molar-refractivity contribution in [2.45, 2.75) is 13.0 Å². The summed E-state index contributed by atoms with van der Waals surface area (Å²) in [4.78, 5) is 14.9. The summed E-state index contributed by atoms with van der Waals surface area (Å²) in [6.45, 7) is 12.9. The Labute approximate surface area is 156 Å². The number of nitrogens with one attached hydrogen (secondary N) is 1. The molecule has 1 amide bonds. The molecule has 1 unspecified atom stereocenters. The molecule has 1 aromatic rings. The zero-order valence-corrected chi connectivity index (χ0v) is 15.7. The molecule has 0 spiro atoms. The number of hydrogen-bond donors (Lipinski definition) is 1. The number of amides is 1. The van der Waals surface area contributed by atoms with E-state index >= 15 is 0 Å². The Morgan fingerprint density at radius 1 is 1.35 bits per heavy atom. The molecule has 26 heavy (non-hydrogen) atoms. The van der Waals surface area contributed by atoms with Crippen LogP contribution in [0.15, 0.2) is 60.7 Å². The highest BCUT2D eigenvalue weighted by Crippen LogP contribution is 2.24. The summed E-state index contributed by atoms with van der Waals surface area (Å²) in [7, 11) is 1.65. The molecule has 1 heterocycles. The molecular weight excluding hydrogens is 328 g/mol. The number of benzene rings is 1. The van der Waals surface area contributed by atoms with Gasteiger partial charge in [-0.05, 0) is 36.3 Å². The number of allylic oxidation sites excluding steroid dienone is 2. The van der Waals surface area contributed by atoms with E-state index in [2.05, 4.69) is 23.4 Å². The second-order valence-corrected chi connectivity index (χ2v) is 6.24. The van der Waals surface area contributed by atoms with Gasteiger partial charge in [-0.15, -0.1) is 0 Å². The van der Waals surface area contributed by atoms with Crippen LogP contribution in [0.25, 0.3) is 0 Å². The minimum absolute atomic E-state index is 0.0730. The number of carbonyl (C=O) groups is 1. The lowest BCUT2D eigenvalue weighted by Gasteiger charge is -2.35.